The molecule has 4 aromatic heterocycles. The first kappa shape index (κ1) is 28.1. The Hall–Kier alpha value is -2.50. The van der Waals surface area contributed by atoms with Gasteiger partial charge in [0.15, 0.2) is 27.6 Å². The number of halogens is 3. The van der Waals surface area contributed by atoms with E-state index in [4.69, 9.17) is 44.3 Å². The summed E-state index contributed by atoms with van der Waals surface area (Å²) in [5.74, 6) is -0.0374. The van der Waals surface area contributed by atoms with Crippen LogP contribution in [0.4, 0.5) is 0 Å². The molecule has 0 aliphatic heterocycles. The van der Waals surface area contributed by atoms with Crippen molar-refractivity contribution < 1.29 is 28.6 Å². The molecule has 190 valence electrons. The van der Waals surface area contributed by atoms with Crippen molar-refractivity contribution in [3.05, 3.63) is 44.3 Å². The Balaban J connectivity index is 0.000000212. The maximum absolute atomic E-state index is 12.2. The maximum atomic E-state index is 12.2. The van der Waals surface area contributed by atoms with Gasteiger partial charge in [-0.25, -0.2) is 9.97 Å². The van der Waals surface area contributed by atoms with E-state index in [0.717, 1.165) is 9.40 Å². The van der Waals surface area contributed by atoms with Crippen LogP contribution in [-0.4, -0.2) is 48.3 Å². The Morgan fingerprint density at radius 3 is 1.78 bits per heavy atom. The predicted molar refractivity (Wildman–Crippen MR) is 143 cm³/mol. The average molecular weight is 590 g/mol. The van der Waals surface area contributed by atoms with Gasteiger partial charge in [-0.15, -0.1) is 22.7 Å². The molecule has 0 saturated carbocycles. The monoisotopic (exact) mass is 588 g/mol. The number of esters is 1. The molecule has 0 spiro atoms. The lowest BCUT2D eigenvalue weighted by Gasteiger charge is -2.06. The standard InChI is InChI=1S/C14H14ClNO4S.C9H5Cl2NO2S/c1-7(14(18)20-3)4-9(17)12-5-8-11(21-12)6-10(19-2)13(15)16-8;1-14-5-3-6-4(12-8(5)10)2-7(15-6)9(11)13/h5-7H,4H2,1-3H3;2-3H,1H3/t7-;/m0./s1. The summed E-state index contributed by atoms with van der Waals surface area (Å²) in [7, 11) is 4.32. The third-order valence-electron chi connectivity index (χ3n) is 4.85. The summed E-state index contributed by atoms with van der Waals surface area (Å²) in [6, 6.07) is 6.77. The molecule has 0 aromatic carbocycles. The highest BCUT2D eigenvalue weighted by atomic mass is 35.5. The summed E-state index contributed by atoms with van der Waals surface area (Å²) in [4.78, 5) is 43.8. The molecule has 0 radical (unpaired) electrons. The first-order valence-corrected chi connectivity index (χ1v) is 12.9. The molecule has 4 heterocycles. The Labute approximate surface area is 229 Å². The van der Waals surface area contributed by atoms with Crippen molar-refractivity contribution in [2.24, 2.45) is 5.92 Å². The number of thiophene rings is 2. The van der Waals surface area contributed by atoms with Crippen LogP contribution in [0, 0.1) is 5.92 Å². The minimum atomic E-state index is -0.493. The van der Waals surface area contributed by atoms with E-state index < -0.39 is 17.1 Å². The number of nitrogens with zero attached hydrogens (tertiary/aromatic N) is 2. The van der Waals surface area contributed by atoms with Crippen LogP contribution in [0.1, 0.15) is 32.7 Å². The lowest BCUT2D eigenvalue weighted by molar-refractivity contribution is -0.144. The van der Waals surface area contributed by atoms with Gasteiger partial charge in [-0.05, 0) is 23.7 Å². The van der Waals surface area contributed by atoms with E-state index in [2.05, 4.69) is 14.7 Å². The van der Waals surface area contributed by atoms with Crippen LogP contribution in [-0.2, 0) is 9.53 Å². The molecule has 4 rings (SSSR count). The summed E-state index contributed by atoms with van der Waals surface area (Å²) in [5.41, 5.74) is 1.29. The second kappa shape index (κ2) is 12.2. The highest BCUT2D eigenvalue weighted by Crippen LogP contribution is 2.33. The first-order chi connectivity index (χ1) is 17.1. The van der Waals surface area contributed by atoms with Crippen molar-refractivity contribution in [3.63, 3.8) is 0 Å². The lowest BCUT2D eigenvalue weighted by atomic mass is 10.0. The van der Waals surface area contributed by atoms with Gasteiger partial charge in [0.2, 0.25) is 0 Å². The molecule has 0 aliphatic carbocycles. The third kappa shape index (κ3) is 6.43. The molecule has 0 unspecified atom stereocenters. The zero-order chi connectivity index (χ0) is 26.6. The minimum absolute atomic E-state index is 0.102. The smallest absolute Gasteiger partial charge is 0.308 e. The molecule has 8 nitrogen and oxygen atoms in total. The van der Waals surface area contributed by atoms with Crippen LogP contribution in [0.5, 0.6) is 11.5 Å². The molecule has 0 aliphatic rings. The van der Waals surface area contributed by atoms with Gasteiger partial charge in [0.1, 0.15) is 0 Å². The lowest BCUT2D eigenvalue weighted by Crippen LogP contribution is -2.16. The summed E-state index contributed by atoms with van der Waals surface area (Å²) < 4.78 is 16.4. The highest BCUT2D eigenvalue weighted by molar-refractivity contribution is 7.22. The van der Waals surface area contributed by atoms with E-state index in [1.165, 1.54) is 44.0 Å². The van der Waals surface area contributed by atoms with E-state index in [1.807, 2.05) is 0 Å². The van der Waals surface area contributed by atoms with Crippen LogP contribution in [0.2, 0.25) is 10.3 Å². The van der Waals surface area contributed by atoms with E-state index >= 15 is 0 Å². The van der Waals surface area contributed by atoms with Crippen LogP contribution in [0.3, 0.4) is 0 Å². The summed E-state index contributed by atoms with van der Waals surface area (Å²) >= 11 is 19.7. The van der Waals surface area contributed by atoms with E-state index in [-0.39, 0.29) is 22.5 Å². The fraction of sp³-hybridized carbons (Fsp3) is 0.261. The van der Waals surface area contributed by atoms with Crippen molar-refractivity contribution in [1.82, 2.24) is 9.97 Å². The number of carbonyl (C=O) groups excluding carboxylic acids is 3. The van der Waals surface area contributed by atoms with Crippen molar-refractivity contribution in [3.8, 4) is 11.5 Å². The summed E-state index contributed by atoms with van der Waals surface area (Å²) in [6.45, 7) is 1.66. The van der Waals surface area contributed by atoms with Gasteiger partial charge in [-0.2, -0.15) is 0 Å². The number of carbonyl (C=O) groups is 3. The zero-order valence-corrected chi connectivity index (χ0v) is 23.3. The normalized spacial score (nSPS) is 11.5. The van der Waals surface area contributed by atoms with Crippen molar-refractivity contribution in [2.75, 3.05) is 21.3 Å². The second-order valence-corrected chi connectivity index (χ2v) is 10.5. The molecular formula is C23H19Cl3N2O6S2. The van der Waals surface area contributed by atoms with Crippen LogP contribution >= 0.6 is 57.5 Å². The molecule has 0 saturated heterocycles. The van der Waals surface area contributed by atoms with E-state index in [0.29, 0.717) is 32.3 Å². The Morgan fingerprint density at radius 1 is 0.861 bits per heavy atom. The molecule has 0 fully saturated rings. The summed E-state index contributed by atoms with van der Waals surface area (Å²) in [5, 5.41) is 0.0363. The Kier molecular flexibility index (Phi) is 9.48. The molecule has 0 N–H and O–H groups in total. The predicted octanol–water partition coefficient (Wildman–Crippen LogP) is 6.68. The number of rotatable bonds is 7. The first-order valence-electron chi connectivity index (χ1n) is 10.2. The number of methoxy groups -OCH3 is 3. The number of aromatic nitrogens is 2. The highest BCUT2D eigenvalue weighted by Gasteiger charge is 2.20. The van der Waals surface area contributed by atoms with Gasteiger partial charge in [0.05, 0.1) is 57.4 Å². The van der Waals surface area contributed by atoms with Crippen molar-refractivity contribution in [2.45, 2.75) is 13.3 Å². The van der Waals surface area contributed by atoms with Crippen LogP contribution < -0.4 is 9.47 Å². The number of hydrogen-bond donors (Lipinski definition) is 0. The number of ether oxygens (including phenoxy) is 3. The number of pyridine rings is 2. The number of hydrogen-bond acceptors (Lipinski definition) is 10. The van der Waals surface area contributed by atoms with E-state index in [9.17, 15) is 14.4 Å². The SMILES string of the molecule is COC(=O)[C@@H](C)CC(=O)c1cc2nc(Cl)c(OC)cc2s1.COc1cc2sc(C(=O)Cl)cc2nc1Cl. The molecule has 36 heavy (non-hydrogen) atoms. The Bertz CT molecular complexity index is 1450. The molecular weight excluding hydrogens is 571 g/mol. The number of fused-ring (bicyclic) bond motifs is 2. The molecule has 1 atom stereocenters. The van der Waals surface area contributed by atoms with Crippen molar-refractivity contribution >= 4 is 94.9 Å². The minimum Gasteiger partial charge on any atom is -0.493 e. The largest absolute Gasteiger partial charge is 0.493 e. The fourth-order valence-electron chi connectivity index (χ4n) is 3.04. The van der Waals surface area contributed by atoms with Gasteiger partial charge in [0, 0.05) is 18.6 Å². The van der Waals surface area contributed by atoms with Gasteiger partial charge < -0.3 is 14.2 Å². The zero-order valence-electron chi connectivity index (χ0n) is 19.4. The fourth-order valence-corrected chi connectivity index (χ4v) is 5.49. The van der Waals surface area contributed by atoms with Crippen molar-refractivity contribution in [1.29, 1.82) is 0 Å². The molecule has 0 amide bonds. The van der Waals surface area contributed by atoms with Gasteiger partial charge in [0.25, 0.3) is 5.24 Å². The number of ketones is 1. The second-order valence-electron chi connectivity index (χ2n) is 7.28. The Morgan fingerprint density at radius 2 is 1.33 bits per heavy atom. The average Bonchev–Trinajstić information content (AvgIpc) is 3.46. The molecule has 13 heteroatoms. The van der Waals surface area contributed by atoms with Gasteiger partial charge in [-0.3, -0.25) is 14.4 Å². The maximum Gasteiger partial charge on any atom is 0.308 e. The third-order valence-corrected chi connectivity index (χ3v) is 7.89. The molecule has 0 bridgehead atoms. The van der Waals surface area contributed by atoms with E-state index in [1.54, 1.807) is 31.2 Å². The van der Waals surface area contributed by atoms with Crippen LogP contribution in [0.15, 0.2) is 24.3 Å². The quantitative estimate of drug-likeness (QED) is 0.102. The van der Waals surface area contributed by atoms with Gasteiger partial charge in [-0.1, -0.05) is 30.1 Å². The van der Waals surface area contributed by atoms with Crippen LogP contribution in [0.25, 0.3) is 20.4 Å². The number of Topliss-reactive ketones (excluding diaryl/α,β-unsaturated/α-hetero) is 1. The summed E-state index contributed by atoms with van der Waals surface area (Å²) in [6.07, 6.45) is 0.102. The van der Waals surface area contributed by atoms with Gasteiger partial charge >= 0.3 is 5.97 Å². The topological polar surface area (TPSA) is 105 Å². The molecule has 4 aromatic rings.